The molecule has 0 spiro atoms. The smallest absolute Gasteiger partial charge is 0.329 e. The highest BCUT2D eigenvalue weighted by Crippen LogP contribution is 2.61. The second-order valence-electron chi connectivity index (χ2n) is 4.98. The fourth-order valence-electron chi connectivity index (χ4n) is 2.88. The van der Waals surface area contributed by atoms with E-state index in [1.54, 1.807) is 0 Å². The van der Waals surface area contributed by atoms with Gasteiger partial charge in [-0.25, -0.2) is 0 Å². The number of rotatable bonds is 0. The molecule has 4 nitrogen and oxygen atoms in total. The predicted octanol–water partition coefficient (Wildman–Crippen LogP) is 0.619. The third-order valence-electron chi connectivity index (χ3n) is 3.94. The Hall–Kier alpha value is -1.08. The molecular formula is C10H11NO3. The molecule has 4 heteroatoms. The first-order valence-electron chi connectivity index (χ1n) is 4.80. The quantitative estimate of drug-likeness (QED) is 0.529. The third-order valence-corrected chi connectivity index (χ3v) is 3.94. The van der Waals surface area contributed by atoms with E-state index in [0.717, 1.165) is 0 Å². The highest BCUT2D eigenvalue weighted by Gasteiger charge is 2.75. The number of nitriles is 1. The van der Waals surface area contributed by atoms with E-state index in [9.17, 15) is 4.79 Å². The summed E-state index contributed by atoms with van der Waals surface area (Å²) in [5, 5.41) is 9.08. The number of hydrogen-bond acceptors (Lipinski definition) is 4. The highest BCUT2D eigenvalue weighted by atomic mass is 16.6. The third kappa shape index (κ3) is 0.583. The molecule has 0 N–H and O–H groups in total. The molecule has 14 heavy (non-hydrogen) atoms. The standard InChI is InChI=1S/C10H11NO3/c1-9(2)5-3-10(4-11)7(13-5)6(9)14-8(10)12/h5-7H,3H2,1-2H3/t5?,6?,7-,10?/m0/s1. The average Bonchev–Trinajstić information content (AvgIpc) is 2.67. The first kappa shape index (κ1) is 8.25. The zero-order valence-electron chi connectivity index (χ0n) is 8.11. The largest absolute Gasteiger partial charge is 0.458 e. The minimum Gasteiger partial charge on any atom is -0.458 e. The summed E-state index contributed by atoms with van der Waals surface area (Å²) >= 11 is 0. The van der Waals surface area contributed by atoms with E-state index >= 15 is 0 Å². The van der Waals surface area contributed by atoms with Crippen LogP contribution in [-0.2, 0) is 14.3 Å². The molecule has 2 bridgehead atoms. The minimum atomic E-state index is -0.995. The zero-order valence-corrected chi connectivity index (χ0v) is 8.11. The number of carbonyl (C=O) groups is 1. The lowest BCUT2D eigenvalue weighted by Gasteiger charge is -2.30. The van der Waals surface area contributed by atoms with E-state index in [1.807, 2.05) is 13.8 Å². The second kappa shape index (κ2) is 1.96. The van der Waals surface area contributed by atoms with Gasteiger partial charge in [-0.15, -0.1) is 0 Å². The maximum absolute atomic E-state index is 11.6. The Balaban J connectivity index is 2.14. The molecule has 0 amide bonds. The van der Waals surface area contributed by atoms with Crippen molar-refractivity contribution in [1.29, 1.82) is 5.26 Å². The maximum Gasteiger partial charge on any atom is 0.329 e. The second-order valence-corrected chi connectivity index (χ2v) is 4.98. The van der Waals surface area contributed by atoms with Gasteiger partial charge in [-0.2, -0.15) is 5.26 Å². The van der Waals surface area contributed by atoms with Crippen molar-refractivity contribution in [3.63, 3.8) is 0 Å². The molecule has 0 radical (unpaired) electrons. The zero-order chi connectivity index (χ0) is 10.1. The number of esters is 1. The lowest BCUT2D eigenvalue weighted by Crippen LogP contribution is -2.43. The van der Waals surface area contributed by atoms with Crippen LogP contribution in [0.4, 0.5) is 0 Å². The van der Waals surface area contributed by atoms with Crippen molar-refractivity contribution in [3.05, 3.63) is 0 Å². The Bertz CT molecular complexity index is 370. The average molecular weight is 193 g/mol. The van der Waals surface area contributed by atoms with Gasteiger partial charge in [0.25, 0.3) is 0 Å². The summed E-state index contributed by atoms with van der Waals surface area (Å²) in [6, 6.07) is 2.09. The van der Waals surface area contributed by atoms with Crippen LogP contribution < -0.4 is 0 Å². The number of carbonyl (C=O) groups excluding carboxylic acids is 1. The van der Waals surface area contributed by atoms with Gasteiger partial charge in [-0.05, 0) is 0 Å². The molecule has 3 saturated heterocycles. The van der Waals surface area contributed by atoms with Crippen LogP contribution in [0.2, 0.25) is 0 Å². The van der Waals surface area contributed by atoms with Gasteiger partial charge in [0.1, 0.15) is 12.2 Å². The van der Waals surface area contributed by atoms with Gasteiger partial charge in [0.2, 0.25) is 0 Å². The topological polar surface area (TPSA) is 59.3 Å². The maximum atomic E-state index is 11.6. The normalized spacial score (nSPS) is 51.8. The van der Waals surface area contributed by atoms with Crippen molar-refractivity contribution in [2.45, 2.75) is 38.6 Å². The predicted molar refractivity (Wildman–Crippen MR) is 45.0 cm³/mol. The Morgan fingerprint density at radius 2 is 2.21 bits per heavy atom. The van der Waals surface area contributed by atoms with E-state index in [-0.39, 0.29) is 29.7 Å². The van der Waals surface area contributed by atoms with E-state index in [2.05, 4.69) is 6.07 Å². The number of hydrogen-bond donors (Lipinski definition) is 0. The molecule has 3 fully saturated rings. The molecule has 3 rings (SSSR count). The first-order chi connectivity index (χ1) is 6.52. The number of nitrogens with zero attached hydrogens (tertiary/aromatic N) is 1. The van der Waals surface area contributed by atoms with E-state index in [0.29, 0.717) is 6.42 Å². The number of fused-ring (bicyclic) bond motifs is 1. The van der Waals surface area contributed by atoms with Crippen LogP contribution in [0, 0.1) is 22.2 Å². The van der Waals surface area contributed by atoms with Crippen molar-refractivity contribution < 1.29 is 14.3 Å². The van der Waals surface area contributed by atoms with Crippen LogP contribution in [0.1, 0.15) is 20.3 Å². The van der Waals surface area contributed by atoms with Crippen molar-refractivity contribution >= 4 is 5.97 Å². The Kier molecular flexibility index (Phi) is 1.16. The summed E-state index contributed by atoms with van der Waals surface area (Å²) in [5.74, 6) is -0.386. The van der Waals surface area contributed by atoms with Crippen LogP contribution in [0.15, 0.2) is 0 Å². The van der Waals surface area contributed by atoms with Gasteiger partial charge in [0.15, 0.2) is 5.41 Å². The summed E-state index contributed by atoms with van der Waals surface area (Å²) < 4.78 is 10.9. The molecule has 3 aliphatic rings. The molecule has 0 aromatic heterocycles. The van der Waals surface area contributed by atoms with Gasteiger partial charge in [0.05, 0.1) is 12.2 Å². The molecule has 0 saturated carbocycles. The molecule has 3 heterocycles. The summed E-state index contributed by atoms with van der Waals surface area (Å²) in [6.45, 7) is 4.06. The lowest BCUT2D eigenvalue weighted by molar-refractivity contribution is -0.147. The van der Waals surface area contributed by atoms with Crippen molar-refractivity contribution in [3.8, 4) is 6.07 Å². The summed E-state index contributed by atoms with van der Waals surface area (Å²) in [4.78, 5) is 11.6. The molecule has 4 atom stereocenters. The Morgan fingerprint density at radius 1 is 1.50 bits per heavy atom. The number of ether oxygens (including phenoxy) is 2. The van der Waals surface area contributed by atoms with Gasteiger partial charge in [-0.1, -0.05) is 13.8 Å². The molecule has 3 aliphatic heterocycles. The fraction of sp³-hybridized carbons (Fsp3) is 0.800. The summed E-state index contributed by atoms with van der Waals surface area (Å²) in [5.41, 5.74) is -1.14. The first-order valence-corrected chi connectivity index (χ1v) is 4.80. The lowest BCUT2D eigenvalue weighted by atomic mass is 9.66. The van der Waals surface area contributed by atoms with Gasteiger partial charge in [0, 0.05) is 11.8 Å². The van der Waals surface area contributed by atoms with Crippen molar-refractivity contribution in [1.82, 2.24) is 0 Å². The van der Waals surface area contributed by atoms with Gasteiger partial charge >= 0.3 is 5.97 Å². The molecule has 0 aliphatic carbocycles. The van der Waals surface area contributed by atoms with Crippen molar-refractivity contribution in [2.24, 2.45) is 10.8 Å². The van der Waals surface area contributed by atoms with E-state index in [4.69, 9.17) is 14.7 Å². The molecule has 3 unspecified atom stereocenters. The van der Waals surface area contributed by atoms with Crippen LogP contribution in [-0.4, -0.2) is 24.3 Å². The fourth-order valence-corrected chi connectivity index (χ4v) is 2.88. The summed E-state index contributed by atoms with van der Waals surface area (Å²) in [7, 11) is 0. The Morgan fingerprint density at radius 3 is 2.79 bits per heavy atom. The van der Waals surface area contributed by atoms with E-state index < -0.39 is 5.41 Å². The van der Waals surface area contributed by atoms with Gasteiger partial charge < -0.3 is 9.47 Å². The van der Waals surface area contributed by atoms with Crippen LogP contribution >= 0.6 is 0 Å². The van der Waals surface area contributed by atoms with Gasteiger partial charge in [-0.3, -0.25) is 4.79 Å². The van der Waals surface area contributed by atoms with E-state index in [1.165, 1.54) is 0 Å². The molecule has 74 valence electrons. The monoisotopic (exact) mass is 193 g/mol. The minimum absolute atomic E-state index is 0.0106. The van der Waals surface area contributed by atoms with Crippen LogP contribution in [0.5, 0.6) is 0 Å². The van der Waals surface area contributed by atoms with Crippen molar-refractivity contribution in [2.75, 3.05) is 0 Å². The van der Waals surface area contributed by atoms with Crippen LogP contribution in [0.25, 0.3) is 0 Å². The molecule has 0 aromatic carbocycles. The Labute approximate surface area is 81.8 Å². The van der Waals surface area contributed by atoms with Crippen LogP contribution in [0.3, 0.4) is 0 Å². The molecule has 0 aromatic rings. The SMILES string of the molecule is CC1(C)C2CC3(C#N)C(=O)OC1[C@@H]3O2. The summed E-state index contributed by atoms with van der Waals surface area (Å²) in [6.07, 6.45) is -0.0757. The molecular weight excluding hydrogens is 182 g/mol. The highest BCUT2D eigenvalue weighted by molar-refractivity contribution is 5.85.